The minimum Gasteiger partial charge on any atom is -0.367 e. The Hall–Kier alpha value is -2.13. The van der Waals surface area contributed by atoms with E-state index in [4.69, 9.17) is 4.84 Å². The van der Waals surface area contributed by atoms with Crippen molar-refractivity contribution in [3.8, 4) is 0 Å². The Morgan fingerprint density at radius 3 is 2.72 bits per heavy atom. The number of benzene rings is 2. The first kappa shape index (κ1) is 12.3. The molecule has 0 fully saturated rings. The van der Waals surface area contributed by atoms with Crippen LogP contribution in [0, 0.1) is 0 Å². The molecule has 0 aliphatic rings. The zero-order valence-corrected chi connectivity index (χ0v) is 10.3. The lowest BCUT2D eigenvalue weighted by molar-refractivity contribution is -0.146. The molecular weight excluding hydrogens is 226 g/mol. The molecule has 0 heterocycles. The van der Waals surface area contributed by atoms with Crippen LogP contribution in [0.2, 0.25) is 0 Å². The molecule has 0 radical (unpaired) electrons. The van der Waals surface area contributed by atoms with Crippen LogP contribution in [-0.4, -0.2) is 5.97 Å². The quantitative estimate of drug-likeness (QED) is 0.660. The predicted molar refractivity (Wildman–Crippen MR) is 71.7 cm³/mol. The molecule has 0 aromatic heterocycles. The van der Waals surface area contributed by atoms with Crippen molar-refractivity contribution in [2.45, 2.75) is 13.5 Å². The summed E-state index contributed by atoms with van der Waals surface area (Å²) in [5.41, 5.74) is 4.13. The second-order valence-corrected chi connectivity index (χ2v) is 4.13. The first-order chi connectivity index (χ1) is 8.68. The van der Waals surface area contributed by atoms with E-state index in [9.17, 15) is 4.79 Å². The van der Waals surface area contributed by atoms with Crippen molar-refractivity contribution in [2.75, 3.05) is 0 Å². The van der Waals surface area contributed by atoms with Gasteiger partial charge in [0.05, 0.1) is 6.54 Å². The molecule has 2 aromatic carbocycles. The van der Waals surface area contributed by atoms with E-state index in [1.54, 1.807) is 6.92 Å². The van der Waals surface area contributed by atoms with Crippen molar-refractivity contribution in [3.63, 3.8) is 0 Å². The summed E-state index contributed by atoms with van der Waals surface area (Å²) in [6, 6.07) is 14.1. The van der Waals surface area contributed by atoms with E-state index >= 15 is 0 Å². The van der Waals surface area contributed by atoms with Gasteiger partial charge in [-0.3, -0.25) is 0 Å². The third-order valence-corrected chi connectivity index (χ3v) is 2.66. The third kappa shape index (κ3) is 2.76. The van der Waals surface area contributed by atoms with Crippen LogP contribution in [0.1, 0.15) is 12.5 Å². The lowest BCUT2D eigenvalue weighted by atomic mass is 10.1. The highest BCUT2D eigenvalue weighted by Gasteiger charge is 2.04. The molecule has 3 heteroatoms. The van der Waals surface area contributed by atoms with Gasteiger partial charge in [0, 0.05) is 5.57 Å². The van der Waals surface area contributed by atoms with Gasteiger partial charge in [-0.1, -0.05) is 49.0 Å². The van der Waals surface area contributed by atoms with E-state index in [1.807, 2.05) is 30.3 Å². The Labute approximate surface area is 106 Å². The fraction of sp³-hybridized carbons (Fsp3) is 0.133. The zero-order chi connectivity index (χ0) is 13.0. The average Bonchev–Trinajstić information content (AvgIpc) is 2.38. The molecule has 1 N–H and O–H groups in total. The van der Waals surface area contributed by atoms with Crippen molar-refractivity contribution < 1.29 is 9.63 Å². The summed E-state index contributed by atoms with van der Waals surface area (Å²) in [5, 5.41) is 2.32. The van der Waals surface area contributed by atoms with E-state index in [0.717, 1.165) is 10.9 Å². The summed E-state index contributed by atoms with van der Waals surface area (Å²) >= 11 is 0. The van der Waals surface area contributed by atoms with E-state index < -0.39 is 5.97 Å². The summed E-state index contributed by atoms with van der Waals surface area (Å²) < 4.78 is 0. The van der Waals surface area contributed by atoms with Crippen LogP contribution >= 0.6 is 0 Å². The lowest BCUT2D eigenvalue weighted by Gasteiger charge is -2.08. The second-order valence-electron chi connectivity index (χ2n) is 4.13. The summed E-state index contributed by atoms with van der Waals surface area (Å²) in [5.74, 6) is -0.435. The van der Waals surface area contributed by atoms with Crippen molar-refractivity contribution in [2.24, 2.45) is 0 Å². The lowest BCUT2D eigenvalue weighted by Crippen LogP contribution is -2.19. The molecule has 0 aliphatic carbocycles. The Kier molecular flexibility index (Phi) is 3.75. The van der Waals surface area contributed by atoms with E-state index in [-0.39, 0.29) is 0 Å². The van der Waals surface area contributed by atoms with Crippen LogP contribution in [-0.2, 0) is 16.2 Å². The number of nitrogens with one attached hydrogen (secondary N) is 1. The molecule has 0 bridgehead atoms. The largest absolute Gasteiger partial charge is 0.367 e. The fourth-order valence-corrected chi connectivity index (χ4v) is 1.71. The Morgan fingerprint density at radius 1 is 1.22 bits per heavy atom. The molecule has 3 nitrogen and oxygen atoms in total. The fourth-order valence-electron chi connectivity index (χ4n) is 1.71. The SMILES string of the molecule is C=C(C)C(=O)ONCc1cccc2ccccc12. The van der Waals surface area contributed by atoms with E-state index in [0.29, 0.717) is 12.1 Å². The highest BCUT2D eigenvalue weighted by Crippen LogP contribution is 2.18. The molecule has 18 heavy (non-hydrogen) atoms. The topological polar surface area (TPSA) is 38.3 Å². The van der Waals surface area contributed by atoms with Crippen LogP contribution in [0.25, 0.3) is 10.8 Å². The molecule has 0 aliphatic heterocycles. The number of carbonyl (C=O) groups excluding carboxylic acids is 1. The van der Waals surface area contributed by atoms with Crippen molar-refractivity contribution in [1.29, 1.82) is 0 Å². The number of hydroxylamine groups is 1. The second kappa shape index (κ2) is 5.47. The minimum atomic E-state index is -0.435. The van der Waals surface area contributed by atoms with Crippen LogP contribution in [0.3, 0.4) is 0 Å². The van der Waals surface area contributed by atoms with Crippen LogP contribution in [0.4, 0.5) is 0 Å². The van der Waals surface area contributed by atoms with Gasteiger partial charge in [-0.25, -0.2) is 4.79 Å². The number of hydrogen-bond acceptors (Lipinski definition) is 3. The Balaban J connectivity index is 2.08. The Morgan fingerprint density at radius 2 is 1.94 bits per heavy atom. The van der Waals surface area contributed by atoms with Crippen LogP contribution < -0.4 is 5.48 Å². The smallest absolute Gasteiger partial charge is 0.351 e. The first-order valence-corrected chi connectivity index (χ1v) is 5.74. The Bertz CT molecular complexity index is 585. The van der Waals surface area contributed by atoms with Gasteiger partial charge in [0.15, 0.2) is 0 Å². The zero-order valence-electron chi connectivity index (χ0n) is 10.3. The molecule has 2 rings (SSSR count). The van der Waals surface area contributed by atoms with Gasteiger partial charge >= 0.3 is 5.97 Å². The van der Waals surface area contributed by atoms with Gasteiger partial charge in [0.2, 0.25) is 0 Å². The van der Waals surface area contributed by atoms with Crippen molar-refractivity contribution in [1.82, 2.24) is 5.48 Å². The highest BCUT2D eigenvalue weighted by molar-refractivity contribution is 5.87. The van der Waals surface area contributed by atoms with Gasteiger partial charge < -0.3 is 4.84 Å². The van der Waals surface area contributed by atoms with Gasteiger partial charge in [0.25, 0.3) is 0 Å². The minimum absolute atomic E-state index is 0.375. The maximum Gasteiger partial charge on any atom is 0.351 e. The molecule has 0 spiro atoms. The van der Waals surface area contributed by atoms with Gasteiger partial charge in [-0.2, -0.15) is 0 Å². The molecule has 0 atom stereocenters. The third-order valence-electron chi connectivity index (χ3n) is 2.66. The maximum atomic E-state index is 11.2. The molecule has 0 unspecified atom stereocenters. The molecule has 0 amide bonds. The molecule has 2 aromatic rings. The number of fused-ring (bicyclic) bond motifs is 1. The summed E-state index contributed by atoms with van der Waals surface area (Å²) in [6.07, 6.45) is 0. The van der Waals surface area contributed by atoms with E-state index in [2.05, 4.69) is 24.2 Å². The number of rotatable bonds is 4. The normalized spacial score (nSPS) is 10.3. The maximum absolute atomic E-state index is 11.2. The van der Waals surface area contributed by atoms with Crippen molar-refractivity contribution >= 4 is 16.7 Å². The predicted octanol–water partition coefficient (Wildman–Crippen LogP) is 2.96. The van der Waals surface area contributed by atoms with E-state index in [1.165, 1.54) is 5.39 Å². The molecular formula is C15H15NO2. The monoisotopic (exact) mass is 241 g/mol. The summed E-state index contributed by atoms with van der Waals surface area (Å²) in [7, 11) is 0. The van der Waals surface area contributed by atoms with Crippen LogP contribution in [0.5, 0.6) is 0 Å². The highest BCUT2D eigenvalue weighted by atomic mass is 16.7. The number of carbonyl (C=O) groups is 1. The molecule has 92 valence electrons. The molecule has 0 saturated carbocycles. The molecule has 0 saturated heterocycles. The summed E-state index contributed by atoms with van der Waals surface area (Å²) in [6.45, 7) is 5.60. The average molecular weight is 241 g/mol. The van der Waals surface area contributed by atoms with Crippen LogP contribution in [0.15, 0.2) is 54.6 Å². The standard InChI is InChI=1S/C15H15NO2/c1-11(2)15(17)18-16-10-13-8-5-7-12-6-3-4-9-14(12)13/h3-9,16H,1,10H2,2H3. The van der Waals surface area contributed by atoms with Gasteiger partial charge in [0.1, 0.15) is 0 Å². The van der Waals surface area contributed by atoms with Gasteiger partial charge in [-0.15, -0.1) is 5.48 Å². The number of hydrogen-bond donors (Lipinski definition) is 1. The first-order valence-electron chi connectivity index (χ1n) is 5.74. The van der Waals surface area contributed by atoms with Gasteiger partial charge in [-0.05, 0) is 23.3 Å². The summed E-state index contributed by atoms with van der Waals surface area (Å²) in [4.78, 5) is 16.1. The van der Waals surface area contributed by atoms with Crippen molar-refractivity contribution in [3.05, 3.63) is 60.2 Å².